The molecule has 0 saturated carbocycles. The van der Waals surface area contributed by atoms with Crippen molar-refractivity contribution in [2.75, 3.05) is 12.8 Å². The third kappa shape index (κ3) is 3.20. The fraction of sp³-hybridized carbons (Fsp3) is 0.250. The lowest BCUT2D eigenvalue weighted by atomic mass is 9.77. The number of benzene rings is 1. The fourth-order valence-corrected chi connectivity index (χ4v) is 4.40. The molecule has 25 heavy (non-hydrogen) atoms. The number of thiophene rings is 1. The van der Waals surface area contributed by atoms with Gasteiger partial charge in [-0.3, -0.25) is 0 Å². The lowest BCUT2D eigenvalue weighted by Gasteiger charge is -2.29. The number of carboxylic acid groups (broad SMARTS) is 1. The molecule has 0 spiro atoms. The molecule has 2 aromatic rings. The topological polar surface area (TPSA) is 72.5 Å². The Morgan fingerprint density at radius 2 is 2.04 bits per heavy atom. The quantitative estimate of drug-likeness (QED) is 0.825. The number of para-hydroxylation sites is 1. The zero-order valence-corrected chi connectivity index (χ0v) is 15.3. The highest BCUT2D eigenvalue weighted by Crippen LogP contribution is 2.46. The van der Waals surface area contributed by atoms with E-state index < -0.39 is 5.97 Å². The van der Waals surface area contributed by atoms with Crippen LogP contribution in [0, 0.1) is 0 Å². The molecule has 0 saturated heterocycles. The molecule has 130 valence electrons. The van der Waals surface area contributed by atoms with Crippen molar-refractivity contribution in [1.29, 1.82) is 0 Å². The van der Waals surface area contributed by atoms with E-state index >= 15 is 0 Å². The van der Waals surface area contributed by atoms with Crippen molar-refractivity contribution in [2.45, 2.75) is 25.7 Å². The highest BCUT2D eigenvalue weighted by atomic mass is 32.1. The van der Waals surface area contributed by atoms with Gasteiger partial charge in [0.25, 0.3) is 0 Å². The molecule has 0 aliphatic heterocycles. The number of anilines is 1. The average Bonchev–Trinajstić information content (AvgIpc) is 2.90. The van der Waals surface area contributed by atoms with E-state index in [1.807, 2.05) is 42.5 Å². The summed E-state index contributed by atoms with van der Waals surface area (Å²) in [6.07, 6.45) is 6.80. The lowest BCUT2D eigenvalue weighted by Crippen LogP contribution is -2.20. The predicted molar refractivity (Wildman–Crippen MR) is 103 cm³/mol. The number of rotatable bonds is 4. The van der Waals surface area contributed by atoms with Crippen molar-refractivity contribution in [2.24, 2.45) is 0 Å². The smallest absolute Gasteiger partial charge is 0.339 e. The minimum atomic E-state index is -0.975. The van der Waals surface area contributed by atoms with Crippen LogP contribution in [0.15, 0.2) is 35.9 Å². The number of aromatic carboxylic acids is 1. The van der Waals surface area contributed by atoms with Crippen LogP contribution in [0.4, 0.5) is 5.00 Å². The minimum Gasteiger partial charge on any atom is -0.496 e. The van der Waals surface area contributed by atoms with E-state index in [1.165, 1.54) is 11.3 Å². The third-order valence-corrected chi connectivity index (χ3v) is 5.79. The largest absolute Gasteiger partial charge is 0.496 e. The van der Waals surface area contributed by atoms with Crippen LogP contribution >= 0.6 is 11.3 Å². The van der Waals surface area contributed by atoms with Gasteiger partial charge in [0.2, 0.25) is 0 Å². The van der Waals surface area contributed by atoms with Crippen LogP contribution in [0.2, 0.25) is 0 Å². The number of hydrogen-bond donors (Lipinski definition) is 2. The maximum Gasteiger partial charge on any atom is 0.339 e. The van der Waals surface area contributed by atoms with Gasteiger partial charge in [0, 0.05) is 21.4 Å². The molecule has 1 aromatic carbocycles. The summed E-state index contributed by atoms with van der Waals surface area (Å²) in [5.74, 6) is -0.168. The molecule has 1 aliphatic carbocycles. The van der Waals surface area contributed by atoms with Gasteiger partial charge in [0.1, 0.15) is 16.3 Å². The second-order valence-electron chi connectivity index (χ2n) is 6.74. The second kappa shape index (κ2) is 6.41. The van der Waals surface area contributed by atoms with Crippen LogP contribution in [-0.4, -0.2) is 18.2 Å². The van der Waals surface area contributed by atoms with Gasteiger partial charge in [0.15, 0.2) is 0 Å². The summed E-state index contributed by atoms with van der Waals surface area (Å²) in [4.78, 5) is 12.6. The Morgan fingerprint density at radius 1 is 1.32 bits per heavy atom. The SMILES string of the molecule is COc1ccccc1/C=C/C1=Cc2c(sc(N)c2C(=O)O)C(C)(C)C1. The lowest BCUT2D eigenvalue weighted by molar-refractivity contribution is 0.0698. The van der Waals surface area contributed by atoms with E-state index in [9.17, 15) is 9.90 Å². The molecule has 0 radical (unpaired) electrons. The maximum absolute atomic E-state index is 11.6. The molecule has 4 nitrogen and oxygen atoms in total. The molecule has 1 aromatic heterocycles. The number of nitrogen functional groups attached to an aromatic ring is 1. The summed E-state index contributed by atoms with van der Waals surface area (Å²) in [5, 5.41) is 9.88. The summed E-state index contributed by atoms with van der Waals surface area (Å²) in [6.45, 7) is 4.24. The fourth-order valence-electron chi connectivity index (χ4n) is 3.26. The van der Waals surface area contributed by atoms with Gasteiger partial charge >= 0.3 is 5.97 Å². The standard InChI is InChI=1S/C20H21NO3S/c1-20(2)11-12(8-9-13-6-4-5-7-15(13)24-3)10-14-16(19(22)23)18(21)25-17(14)20/h4-10H,11,21H2,1-3H3,(H,22,23)/b9-8+. The Balaban J connectivity index is 2.04. The van der Waals surface area contributed by atoms with Crippen molar-refractivity contribution in [3.05, 3.63) is 57.5 Å². The number of fused-ring (bicyclic) bond motifs is 1. The monoisotopic (exact) mass is 355 g/mol. The summed E-state index contributed by atoms with van der Waals surface area (Å²) in [5.41, 5.74) is 8.83. The maximum atomic E-state index is 11.6. The zero-order valence-electron chi connectivity index (χ0n) is 14.5. The molecule has 1 heterocycles. The van der Waals surface area contributed by atoms with Crippen LogP contribution < -0.4 is 10.5 Å². The molecule has 0 fully saturated rings. The highest BCUT2D eigenvalue weighted by Gasteiger charge is 2.34. The summed E-state index contributed by atoms with van der Waals surface area (Å²) >= 11 is 1.38. The van der Waals surface area contributed by atoms with Crippen molar-refractivity contribution < 1.29 is 14.6 Å². The Kier molecular flexibility index (Phi) is 4.43. The van der Waals surface area contributed by atoms with Crippen LogP contribution in [0.5, 0.6) is 5.75 Å². The molecule has 1 aliphatic rings. The molecule has 5 heteroatoms. The summed E-state index contributed by atoms with van der Waals surface area (Å²) in [7, 11) is 1.65. The Bertz CT molecular complexity index is 890. The Labute approximate surface area is 151 Å². The number of hydrogen-bond acceptors (Lipinski definition) is 4. The molecular weight excluding hydrogens is 334 g/mol. The van der Waals surface area contributed by atoms with E-state index in [1.54, 1.807) is 7.11 Å². The minimum absolute atomic E-state index is 0.156. The van der Waals surface area contributed by atoms with E-state index in [2.05, 4.69) is 13.8 Å². The Hall–Kier alpha value is -2.53. The van der Waals surface area contributed by atoms with Gasteiger partial charge in [-0.1, -0.05) is 44.2 Å². The van der Waals surface area contributed by atoms with Gasteiger partial charge < -0.3 is 15.6 Å². The predicted octanol–water partition coefficient (Wildman–Crippen LogP) is 4.82. The average molecular weight is 355 g/mol. The number of nitrogens with two attached hydrogens (primary N) is 1. The molecule has 0 amide bonds. The molecule has 3 N–H and O–H groups in total. The number of allylic oxidation sites excluding steroid dienone is 2. The van der Waals surface area contributed by atoms with Gasteiger partial charge in [0.05, 0.1) is 7.11 Å². The first-order valence-electron chi connectivity index (χ1n) is 8.01. The number of ether oxygens (including phenoxy) is 1. The first-order valence-corrected chi connectivity index (χ1v) is 8.83. The van der Waals surface area contributed by atoms with E-state index in [-0.39, 0.29) is 11.0 Å². The van der Waals surface area contributed by atoms with Crippen molar-refractivity contribution in [1.82, 2.24) is 0 Å². The van der Waals surface area contributed by atoms with Crippen molar-refractivity contribution >= 4 is 34.5 Å². The molecule has 0 atom stereocenters. The van der Waals surface area contributed by atoms with E-state index in [0.29, 0.717) is 5.00 Å². The third-order valence-electron chi connectivity index (χ3n) is 4.39. The molecule has 0 unspecified atom stereocenters. The molecule has 0 bridgehead atoms. The van der Waals surface area contributed by atoms with Crippen LogP contribution in [-0.2, 0) is 5.41 Å². The Morgan fingerprint density at radius 3 is 2.72 bits per heavy atom. The van der Waals surface area contributed by atoms with Crippen molar-refractivity contribution in [3.63, 3.8) is 0 Å². The molecule has 3 rings (SSSR count). The van der Waals surface area contributed by atoms with E-state index in [0.717, 1.165) is 33.7 Å². The second-order valence-corrected chi connectivity index (χ2v) is 7.80. The number of carboxylic acids is 1. The van der Waals surface area contributed by atoms with Gasteiger partial charge in [-0.05, 0) is 24.1 Å². The first kappa shape index (κ1) is 17.3. The summed E-state index contributed by atoms with van der Waals surface area (Å²) in [6, 6.07) is 7.79. The highest BCUT2D eigenvalue weighted by molar-refractivity contribution is 7.16. The normalized spacial score (nSPS) is 15.7. The van der Waals surface area contributed by atoms with Crippen LogP contribution in [0.25, 0.3) is 12.2 Å². The first-order chi connectivity index (χ1) is 11.8. The molecular formula is C20H21NO3S. The number of carbonyl (C=O) groups is 1. The summed E-state index contributed by atoms with van der Waals surface area (Å²) < 4.78 is 5.37. The van der Waals surface area contributed by atoms with Crippen LogP contribution in [0.3, 0.4) is 0 Å². The van der Waals surface area contributed by atoms with Gasteiger partial charge in [-0.15, -0.1) is 11.3 Å². The van der Waals surface area contributed by atoms with E-state index in [4.69, 9.17) is 10.5 Å². The number of methoxy groups -OCH3 is 1. The van der Waals surface area contributed by atoms with Gasteiger partial charge in [-0.25, -0.2) is 4.79 Å². The zero-order chi connectivity index (χ0) is 18.2. The van der Waals surface area contributed by atoms with Crippen molar-refractivity contribution in [3.8, 4) is 5.75 Å². The van der Waals surface area contributed by atoms with Crippen LogP contribution in [0.1, 0.15) is 46.6 Å². The van der Waals surface area contributed by atoms with Gasteiger partial charge in [-0.2, -0.15) is 0 Å².